The number of hydrogen-bond donors (Lipinski definition) is 0. The van der Waals surface area contributed by atoms with Crippen LogP contribution in [0, 0.1) is 0 Å². The van der Waals surface area contributed by atoms with Crippen LogP contribution in [0.5, 0.6) is 0 Å². The molecule has 0 saturated heterocycles. The summed E-state index contributed by atoms with van der Waals surface area (Å²) < 4.78 is 0. The molecule has 0 atom stereocenters. The van der Waals surface area contributed by atoms with Crippen molar-refractivity contribution < 1.29 is 9.59 Å². The van der Waals surface area contributed by atoms with E-state index in [1.54, 1.807) is 0 Å². The van der Waals surface area contributed by atoms with E-state index in [0.717, 1.165) is 34.7 Å². The second kappa shape index (κ2) is 6.47. The minimum Gasteiger partial charge on any atom is -0.274 e. The number of hydrogen-bond acceptors (Lipinski definition) is 2. The molecule has 0 spiro atoms. The summed E-state index contributed by atoms with van der Waals surface area (Å²) in [6.45, 7) is 2.72. The zero-order chi connectivity index (χ0) is 17.4. The third-order valence-electron chi connectivity index (χ3n) is 5.35. The van der Waals surface area contributed by atoms with Crippen molar-refractivity contribution in [2.75, 3.05) is 6.54 Å². The minimum absolute atomic E-state index is 0.137. The maximum absolute atomic E-state index is 12.9. The Morgan fingerprint density at radius 1 is 0.720 bits per heavy atom. The van der Waals surface area contributed by atoms with Crippen LogP contribution < -0.4 is 0 Å². The number of carbonyl (C=O) groups is 2. The molecule has 0 saturated carbocycles. The van der Waals surface area contributed by atoms with Crippen molar-refractivity contribution in [2.24, 2.45) is 0 Å². The van der Waals surface area contributed by atoms with Gasteiger partial charge in [-0.1, -0.05) is 63.3 Å². The molecule has 25 heavy (non-hydrogen) atoms. The van der Waals surface area contributed by atoms with Crippen molar-refractivity contribution in [3.8, 4) is 0 Å². The van der Waals surface area contributed by atoms with Gasteiger partial charge in [0.05, 0.1) is 0 Å². The van der Waals surface area contributed by atoms with Crippen LogP contribution in [-0.4, -0.2) is 23.3 Å². The first kappa shape index (κ1) is 16.1. The highest BCUT2D eigenvalue weighted by atomic mass is 16.2. The van der Waals surface area contributed by atoms with Crippen LogP contribution in [0.15, 0.2) is 24.3 Å². The summed E-state index contributed by atoms with van der Waals surface area (Å²) >= 11 is 0. The van der Waals surface area contributed by atoms with Crippen LogP contribution in [0.1, 0.15) is 77.3 Å². The predicted molar refractivity (Wildman–Crippen MR) is 102 cm³/mol. The standard InChI is InChI=1S/C22H23NO2/c1-2-3-4-5-6-7-14-23-21(24)17-12-10-15-8-9-16-11-13-18(22(23)25)20(17)19(15)16/h8-13H,2-7,14H2,1H3. The first-order chi connectivity index (χ1) is 12.2. The summed E-state index contributed by atoms with van der Waals surface area (Å²) in [4.78, 5) is 27.3. The van der Waals surface area contributed by atoms with Gasteiger partial charge < -0.3 is 0 Å². The molecule has 0 aromatic heterocycles. The van der Waals surface area contributed by atoms with Crippen LogP contribution in [0.4, 0.5) is 0 Å². The summed E-state index contributed by atoms with van der Waals surface area (Å²) in [5, 5.41) is 1.89. The van der Waals surface area contributed by atoms with E-state index in [9.17, 15) is 9.59 Å². The Labute approximate surface area is 148 Å². The number of carbonyl (C=O) groups excluding carboxylic acids is 2. The summed E-state index contributed by atoms with van der Waals surface area (Å²) in [6, 6.07) is 7.74. The van der Waals surface area contributed by atoms with E-state index in [-0.39, 0.29) is 11.8 Å². The summed E-state index contributed by atoms with van der Waals surface area (Å²) in [6.07, 6.45) is 11.0. The van der Waals surface area contributed by atoms with E-state index in [1.807, 2.05) is 24.3 Å². The fourth-order valence-corrected chi connectivity index (χ4v) is 4.00. The Balaban J connectivity index is 1.58. The molecule has 2 aromatic carbocycles. The average molecular weight is 333 g/mol. The molecule has 0 unspecified atom stereocenters. The Morgan fingerprint density at radius 3 is 1.88 bits per heavy atom. The van der Waals surface area contributed by atoms with Gasteiger partial charge in [0.15, 0.2) is 0 Å². The zero-order valence-electron chi connectivity index (χ0n) is 14.7. The molecule has 2 amide bonds. The van der Waals surface area contributed by atoms with Crippen molar-refractivity contribution in [1.82, 2.24) is 4.90 Å². The van der Waals surface area contributed by atoms with Crippen LogP contribution in [0.3, 0.4) is 0 Å². The Hall–Kier alpha value is -2.42. The third-order valence-corrected chi connectivity index (χ3v) is 5.35. The molecule has 1 aliphatic heterocycles. The molecule has 2 aliphatic rings. The number of benzene rings is 2. The summed E-state index contributed by atoms with van der Waals surface area (Å²) in [7, 11) is 0. The van der Waals surface area contributed by atoms with E-state index >= 15 is 0 Å². The van der Waals surface area contributed by atoms with Crippen LogP contribution >= 0.6 is 0 Å². The summed E-state index contributed by atoms with van der Waals surface area (Å²) in [5.74, 6) is -0.275. The van der Waals surface area contributed by atoms with Crippen molar-refractivity contribution in [3.63, 3.8) is 0 Å². The zero-order valence-corrected chi connectivity index (χ0v) is 14.7. The monoisotopic (exact) mass is 333 g/mol. The van der Waals surface area contributed by atoms with Gasteiger partial charge in [-0.05, 0) is 35.1 Å². The molecule has 1 heterocycles. The lowest BCUT2D eigenvalue weighted by atomic mass is 9.90. The molecule has 3 nitrogen and oxygen atoms in total. The number of amides is 2. The van der Waals surface area contributed by atoms with Crippen molar-refractivity contribution >= 4 is 34.7 Å². The van der Waals surface area contributed by atoms with Gasteiger partial charge in [0, 0.05) is 23.1 Å². The highest BCUT2D eigenvalue weighted by molar-refractivity contribution is 6.28. The maximum Gasteiger partial charge on any atom is 0.261 e. The fourth-order valence-electron chi connectivity index (χ4n) is 4.00. The van der Waals surface area contributed by atoms with Gasteiger partial charge >= 0.3 is 0 Å². The van der Waals surface area contributed by atoms with E-state index in [4.69, 9.17) is 0 Å². The molecular formula is C22H23NO2. The Kier molecular flexibility index (Phi) is 4.16. The molecule has 1 aliphatic carbocycles. The van der Waals surface area contributed by atoms with Crippen LogP contribution in [0.25, 0.3) is 22.9 Å². The molecule has 0 bridgehead atoms. The molecule has 4 rings (SSSR count). The second-order valence-electron chi connectivity index (χ2n) is 7.02. The lowest BCUT2D eigenvalue weighted by molar-refractivity contribution is 0.0608. The largest absolute Gasteiger partial charge is 0.274 e. The minimum atomic E-state index is -0.137. The molecule has 0 radical (unpaired) electrons. The van der Waals surface area contributed by atoms with Gasteiger partial charge in [0.25, 0.3) is 11.8 Å². The average Bonchev–Trinajstić information content (AvgIpc) is 3.05. The predicted octanol–water partition coefficient (Wildman–Crippen LogP) is 5.28. The molecule has 0 fully saturated rings. The molecule has 128 valence electrons. The third kappa shape index (κ3) is 2.58. The molecular weight excluding hydrogens is 310 g/mol. The topological polar surface area (TPSA) is 37.4 Å². The first-order valence-electron chi connectivity index (χ1n) is 9.36. The Bertz CT molecular complexity index is 834. The van der Waals surface area contributed by atoms with E-state index in [1.165, 1.54) is 30.6 Å². The van der Waals surface area contributed by atoms with E-state index in [2.05, 4.69) is 19.1 Å². The van der Waals surface area contributed by atoms with Gasteiger partial charge in [0.2, 0.25) is 0 Å². The fraction of sp³-hybridized carbons (Fsp3) is 0.364. The van der Waals surface area contributed by atoms with Crippen molar-refractivity contribution in [2.45, 2.75) is 45.4 Å². The number of rotatable bonds is 7. The number of nitrogens with zero attached hydrogens (tertiary/aromatic N) is 1. The number of imide groups is 1. The van der Waals surface area contributed by atoms with E-state index in [0.29, 0.717) is 17.7 Å². The maximum atomic E-state index is 12.9. The molecule has 2 aromatic rings. The normalized spacial score (nSPS) is 14.8. The highest BCUT2D eigenvalue weighted by Crippen LogP contribution is 2.38. The van der Waals surface area contributed by atoms with Gasteiger partial charge in [-0.25, -0.2) is 0 Å². The highest BCUT2D eigenvalue weighted by Gasteiger charge is 2.33. The lowest BCUT2D eigenvalue weighted by Gasteiger charge is -2.27. The quantitative estimate of drug-likeness (QED) is 0.436. The van der Waals surface area contributed by atoms with Crippen LogP contribution in [0.2, 0.25) is 0 Å². The lowest BCUT2D eigenvalue weighted by Crippen LogP contribution is -2.40. The van der Waals surface area contributed by atoms with Gasteiger partial charge in [-0.2, -0.15) is 0 Å². The molecule has 3 heteroatoms. The van der Waals surface area contributed by atoms with Crippen LogP contribution in [-0.2, 0) is 0 Å². The van der Waals surface area contributed by atoms with Crippen molar-refractivity contribution in [1.29, 1.82) is 0 Å². The van der Waals surface area contributed by atoms with Gasteiger partial charge in [-0.15, -0.1) is 0 Å². The first-order valence-corrected chi connectivity index (χ1v) is 9.36. The van der Waals surface area contributed by atoms with Crippen molar-refractivity contribution in [3.05, 3.63) is 46.5 Å². The van der Waals surface area contributed by atoms with E-state index < -0.39 is 0 Å². The van der Waals surface area contributed by atoms with Gasteiger partial charge in [0.1, 0.15) is 0 Å². The van der Waals surface area contributed by atoms with Gasteiger partial charge in [-0.3, -0.25) is 14.5 Å². The SMILES string of the molecule is CCCCCCCCN1C(=O)c2ccc3c4c(ccc(c24)C1=O)C=C3. The number of unbranched alkanes of at least 4 members (excludes halogenated alkanes) is 5. The second-order valence-corrected chi connectivity index (χ2v) is 7.02. The molecule has 0 N–H and O–H groups in total. The Morgan fingerprint density at radius 2 is 1.28 bits per heavy atom. The summed E-state index contributed by atoms with van der Waals surface area (Å²) in [5.41, 5.74) is 3.54. The smallest absolute Gasteiger partial charge is 0.261 e.